The first-order chi connectivity index (χ1) is 7.97. The SMILES string of the molecule is Nc1ccc(N2CCC(C(F)(F)F)CC2)nc1. The van der Waals surface area contributed by atoms with Gasteiger partial charge in [-0.05, 0) is 25.0 Å². The highest BCUT2D eigenvalue weighted by atomic mass is 19.4. The summed E-state index contributed by atoms with van der Waals surface area (Å²) in [5.74, 6) is -0.479. The summed E-state index contributed by atoms with van der Waals surface area (Å²) < 4.78 is 37.4. The molecule has 0 aliphatic carbocycles. The predicted molar refractivity (Wildman–Crippen MR) is 59.6 cm³/mol. The van der Waals surface area contributed by atoms with Crippen LogP contribution in [0.4, 0.5) is 24.7 Å². The number of nitrogens with two attached hydrogens (primary N) is 1. The topological polar surface area (TPSA) is 42.1 Å². The number of pyridine rings is 1. The van der Waals surface area contributed by atoms with Crippen molar-refractivity contribution in [3.8, 4) is 0 Å². The lowest BCUT2D eigenvalue weighted by molar-refractivity contribution is -0.179. The van der Waals surface area contributed by atoms with E-state index in [-0.39, 0.29) is 12.8 Å². The van der Waals surface area contributed by atoms with E-state index in [0.717, 1.165) is 0 Å². The van der Waals surface area contributed by atoms with Gasteiger partial charge in [-0.3, -0.25) is 0 Å². The molecule has 0 amide bonds. The smallest absolute Gasteiger partial charge is 0.391 e. The fraction of sp³-hybridized carbons (Fsp3) is 0.545. The van der Waals surface area contributed by atoms with Gasteiger partial charge in [0.05, 0.1) is 17.8 Å². The first-order valence-electron chi connectivity index (χ1n) is 5.50. The van der Waals surface area contributed by atoms with E-state index in [9.17, 15) is 13.2 Å². The number of aromatic nitrogens is 1. The van der Waals surface area contributed by atoms with Crippen LogP contribution in [-0.2, 0) is 0 Å². The number of anilines is 2. The van der Waals surface area contributed by atoms with Crippen LogP contribution < -0.4 is 10.6 Å². The van der Waals surface area contributed by atoms with E-state index in [1.165, 1.54) is 6.20 Å². The van der Waals surface area contributed by atoms with Crippen LogP contribution in [0.15, 0.2) is 18.3 Å². The summed E-state index contributed by atoms with van der Waals surface area (Å²) >= 11 is 0. The standard InChI is InChI=1S/C11H14F3N3/c12-11(13,14)8-3-5-17(6-4-8)10-2-1-9(15)7-16-10/h1-2,7-8H,3-6,15H2. The number of halogens is 3. The summed E-state index contributed by atoms with van der Waals surface area (Å²) in [6.45, 7) is 0.780. The first kappa shape index (κ1) is 12.0. The molecule has 0 atom stereocenters. The molecule has 2 N–H and O–H groups in total. The second kappa shape index (κ2) is 4.43. The van der Waals surface area contributed by atoms with Crippen LogP contribution in [0.1, 0.15) is 12.8 Å². The fourth-order valence-electron chi connectivity index (χ4n) is 2.02. The van der Waals surface area contributed by atoms with Gasteiger partial charge < -0.3 is 10.6 Å². The van der Waals surface area contributed by atoms with Crippen molar-refractivity contribution in [2.75, 3.05) is 23.7 Å². The zero-order chi connectivity index (χ0) is 12.5. The van der Waals surface area contributed by atoms with Crippen LogP contribution in [0.2, 0.25) is 0 Å². The monoisotopic (exact) mass is 245 g/mol. The van der Waals surface area contributed by atoms with Gasteiger partial charge in [0, 0.05) is 13.1 Å². The van der Waals surface area contributed by atoms with Crippen LogP contribution in [0, 0.1) is 5.92 Å². The maximum absolute atomic E-state index is 12.5. The Morgan fingerprint density at radius 1 is 1.24 bits per heavy atom. The van der Waals surface area contributed by atoms with Crippen LogP contribution in [0.5, 0.6) is 0 Å². The molecule has 3 nitrogen and oxygen atoms in total. The summed E-state index contributed by atoms with van der Waals surface area (Å²) in [5, 5.41) is 0. The number of nitrogens with zero attached hydrogens (tertiary/aromatic N) is 2. The zero-order valence-corrected chi connectivity index (χ0v) is 9.24. The summed E-state index contributed by atoms with van der Waals surface area (Å²) in [5.41, 5.74) is 6.06. The molecule has 1 saturated heterocycles. The van der Waals surface area contributed by atoms with Crippen molar-refractivity contribution in [2.45, 2.75) is 19.0 Å². The molecule has 0 radical (unpaired) electrons. The van der Waals surface area contributed by atoms with E-state index in [0.29, 0.717) is 24.6 Å². The minimum absolute atomic E-state index is 0.134. The van der Waals surface area contributed by atoms with Gasteiger partial charge in [-0.2, -0.15) is 13.2 Å². The van der Waals surface area contributed by atoms with E-state index in [4.69, 9.17) is 5.73 Å². The molecule has 1 aliphatic rings. The molecule has 1 fully saturated rings. The van der Waals surface area contributed by atoms with Crippen LogP contribution in [-0.4, -0.2) is 24.2 Å². The molecule has 0 saturated carbocycles. The Kier molecular flexibility index (Phi) is 3.13. The van der Waals surface area contributed by atoms with Gasteiger partial charge in [-0.25, -0.2) is 4.98 Å². The molecule has 94 valence electrons. The number of piperidine rings is 1. The molecule has 17 heavy (non-hydrogen) atoms. The molecule has 0 bridgehead atoms. The Labute approximate surface area is 97.4 Å². The van der Waals surface area contributed by atoms with Crippen molar-refractivity contribution >= 4 is 11.5 Å². The maximum atomic E-state index is 12.5. The highest BCUT2D eigenvalue weighted by molar-refractivity contribution is 5.45. The highest BCUT2D eigenvalue weighted by Crippen LogP contribution is 2.34. The number of hydrogen-bond acceptors (Lipinski definition) is 3. The Balaban J connectivity index is 1.97. The number of nitrogen functional groups attached to an aromatic ring is 1. The van der Waals surface area contributed by atoms with Crippen molar-refractivity contribution in [1.82, 2.24) is 4.98 Å². The van der Waals surface area contributed by atoms with Crippen molar-refractivity contribution in [1.29, 1.82) is 0 Å². The summed E-state index contributed by atoms with van der Waals surface area (Å²) in [6, 6.07) is 3.45. The molecule has 6 heteroatoms. The molecular formula is C11H14F3N3. The molecule has 1 aromatic heterocycles. The number of hydrogen-bond donors (Lipinski definition) is 1. The highest BCUT2D eigenvalue weighted by Gasteiger charge is 2.41. The molecule has 0 spiro atoms. The Hall–Kier alpha value is -1.46. The van der Waals surface area contributed by atoms with Gasteiger partial charge in [0.25, 0.3) is 0 Å². The van der Waals surface area contributed by atoms with Gasteiger partial charge in [-0.1, -0.05) is 0 Å². The fourth-order valence-corrected chi connectivity index (χ4v) is 2.02. The average Bonchev–Trinajstić information content (AvgIpc) is 2.29. The molecule has 0 unspecified atom stereocenters. The third kappa shape index (κ3) is 2.81. The van der Waals surface area contributed by atoms with E-state index < -0.39 is 12.1 Å². The van der Waals surface area contributed by atoms with Gasteiger partial charge in [-0.15, -0.1) is 0 Å². The van der Waals surface area contributed by atoms with Crippen molar-refractivity contribution < 1.29 is 13.2 Å². The Bertz CT molecular complexity index is 367. The molecule has 2 heterocycles. The van der Waals surface area contributed by atoms with Gasteiger partial charge in [0.1, 0.15) is 5.82 Å². The second-order valence-corrected chi connectivity index (χ2v) is 4.25. The second-order valence-electron chi connectivity index (χ2n) is 4.25. The lowest BCUT2D eigenvalue weighted by atomic mass is 9.96. The quantitative estimate of drug-likeness (QED) is 0.826. The third-order valence-corrected chi connectivity index (χ3v) is 3.05. The van der Waals surface area contributed by atoms with Crippen molar-refractivity contribution in [3.05, 3.63) is 18.3 Å². The van der Waals surface area contributed by atoms with E-state index in [1.54, 1.807) is 12.1 Å². The molecule has 1 aliphatic heterocycles. The van der Waals surface area contributed by atoms with Gasteiger partial charge in [0.15, 0.2) is 0 Å². The molecule has 2 rings (SSSR count). The van der Waals surface area contributed by atoms with Crippen molar-refractivity contribution in [3.63, 3.8) is 0 Å². The minimum Gasteiger partial charge on any atom is -0.397 e. The van der Waals surface area contributed by atoms with Crippen LogP contribution in [0.25, 0.3) is 0 Å². The lowest BCUT2D eigenvalue weighted by Gasteiger charge is -2.33. The van der Waals surface area contributed by atoms with Gasteiger partial charge >= 0.3 is 6.18 Å². The van der Waals surface area contributed by atoms with E-state index >= 15 is 0 Å². The van der Waals surface area contributed by atoms with Gasteiger partial charge in [0.2, 0.25) is 0 Å². The van der Waals surface area contributed by atoms with E-state index in [2.05, 4.69) is 4.98 Å². The van der Waals surface area contributed by atoms with Crippen molar-refractivity contribution in [2.24, 2.45) is 5.92 Å². The number of rotatable bonds is 1. The summed E-state index contributed by atoms with van der Waals surface area (Å²) in [7, 11) is 0. The summed E-state index contributed by atoms with van der Waals surface area (Å²) in [4.78, 5) is 5.97. The summed E-state index contributed by atoms with van der Waals surface area (Å²) in [6.07, 6.45) is -2.28. The Morgan fingerprint density at radius 3 is 2.35 bits per heavy atom. The molecule has 1 aromatic rings. The largest absolute Gasteiger partial charge is 0.397 e. The predicted octanol–water partition coefficient (Wildman–Crippen LogP) is 2.44. The van der Waals surface area contributed by atoms with Crippen LogP contribution in [0.3, 0.4) is 0 Å². The molecular weight excluding hydrogens is 231 g/mol. The van der Waals surface area contributed by atoms with E-state index in [1.807, 2.05) is 4.90 Å². The van der Waals surface area contributed by atoms with Crippen LogP contribution >= 0.6 is 0 Å². The minimum atomic E-state index is -4.07. The first-order valence-corrected chi connectivity index (χ1v) is 5.50. The average molecular weight is 245 g/mol. The lowest BCUT2D eigenvalue weighted by Crippen LogP contribution is -2.39. The zero-order valence-electron chi connectivity index (χ0n) is 9.24. The molecule has 0 aromatic carbocycles. The maximum Gasteiger partial charge on any atom is 0.391 e. The normalized spacial score (nSPS) is 18.4. The Morgan fingerprint density at radius 2 is 1.88 bits per heavy atom. The number of alkyl halides is 3. The third-order valence-electron chi connectivity index (χ3n) is 3.05.